The highest BCUT2D eigenvalue weighted by Crippen LogP contribution is 2.23. The molecule has 0 amide bonds. The van der Waals surface area contributed by atoms with Crippen molar-refractivity contribution in [2.24, 2.45) is 0 Å². The topological polar surface area (TPSA) is 39.4 Å². The van der Waals surface area contributed by atoms with E-state index < -0.39 is 0 Å². The van der Waals surface area contributed by atoms with Gasteiger partial charge in [-0.1, -0.05) is 25.4 Å². The molecule has 0 saturated carbocycles. The lowest BCUT2D eigenvalue weighted by atomic mass is 10.2. The van der Waals surface area contributed by atoms with Crippen molar-refractivity contribution in [3.05, 3.63) is 23.2 Å². The minimum atomic E-state index is 0.310. The van der Waals surface area contributed by atoms with E-state index in [4.69, 9.17) is 16.3 Å². The summed E-state index contributed by atoms with van der Waals surface area (Å²) >= 11 is 5.86. The molecule has 0 spiro atoms. The Morgan fingerprint density at radius 3 is 2.80 bits per heavy atom. The number of hydrogen-bond donors (Lipinski definition) is 0. The van der Waals surface area contributed by atoms with Gasteiger partial charge in [0, 0.05) is 12.0 Å². The number of fused-ring (bicyclic) bond motifs is 1. The van der Waals surface area contributed by atoms with E-state index in [0.717, 1.165) is 11.3 Å². The third kappa shape index (κ3) is 1.65. The fraction of sp³-hybridized carbons (Fsp3) is 0.400. The Balaban J connectivity index is 2.77. The third-order valence-corrected chi connectivity index (χ3v) is 2.37. The average molecular weight is 226 g/mol. The molecule has 0 fully saturated rings. The van der Waals surface area contributed by atoms with Crippen LogP contribution in [0.15, 0.2) is 12.3 Å². The van der Waals surface area contributed by atoms with Crippen LogP contribution in [0.25, 0.3) is 5.52 Å². The molecule has 0 atom stereocenters. The van der Waals surface area contributed by atoms with Crippen LogP contribution < -0.4 is 4.74 Å². The number of imidazole rings is 1. The Morgan fingerprint density at radius 2 is 2.20 bits per heavy atom. The average Bonchev–Trinajstić information content (AvgIpc) is 2.59. The minimum absolute atomic E-state index is 0.310. The van der Waals surface area contributed by atoms with Crippen LogP contribution >= 0.6 is 11.6 Å². The van der Waals surface area contributed by atoms with Crippen LogP contribution in [0.5, 0.6) is 6.01 Å². The summed E-state index contributed by atoms with van der Waals surface area (Å²) < 4.78 is 7.06. The Labute approximate surface area is 92.9 Å². The molecule has 0 N–H and O–H groups in total. The zero-order valence-corrected chi connectivity index (χ0v) is 9.62. The summed E-state index contributed by atoms with van der Waals surface area (Å²) in [4.78, 5) is 8.43. The molecule has 0 radical (unpaired) electrons. The predicted octanol–water partition coefficient (Wildman–Crippen LogP) is 2.51. The second kappa shape index (κ2) is 3.70. The van der Waals surface area contributed by atoms with E-state index in [2.05, 4.69) is 23.8 Å². The molecular formula is C10H12ClN3O. The maximum Gasteiger partial charge on any atom is 0.303 e. The molecule has 15 heavy (non-hydrogen) atoms. The van der Waals surface area contributed by atoms with E-state index in [0.29, 0.717) is 17.1 Å². The van der Waals surface area contributed by atoms with Gasteiger partial charge < -0.3 is 4.74 Å². The third-order valence-electron chi connectivity index (χ3n) is 2.18. The Hall–Kier alpha value is -1.29. The van der Waals surface area contributed by atoms with Crippen molar-refractivity contribution in [1.29, 1.82) is 0 Å². The van der Waals surface area contributed by atoms with Crippen LogP contribution in [0, 0.1) is 0 Å². The monoisotopic (exact) mass is 225 g/mol. The lowest BCUT2D eigenvalue weighted by Gasteiger charge is -2.08. The van der Waals surface area contributed by atoms with Crippen molar-refractivity contribution < 1.29 is 4.74 Å². The first-order valence-electron chi connectivity index (χ1n) is 4.71. The van der Waals surface area contributed by atoms with Crippen molar-refractivity contribution >= 4 is 17.1 Å². The van der Waals surface area contributed by atoms with Crippen LogP contribution in [0.3, 0.4) is 0 Å². The summed E-state index contributed by atoms with van der Waals surface area (Å²) in [5.74, 6) is 1.23. The lowest BCUT2D eigenvalue weighted by molar-refractivity contribution is 0.371. The van der Waals surface area contributed by atoms with Gasteiger partial charge in [0.25, 0.3) is 0 Å². The van der Waals surface area contributed by atoms with Crippen LogP contribution in [0.1, 0.15) is 25.6 Å². The molecule has 2 heterocycles. The molecule has 0 aliphatic carbocycles. The first-order valence-corrected chi connectivity index (χ1v) is 5.09. The van der Waals surface area contributed by atoms with Crippen LogP contribution in [-0.2, 0) is 0 Å². The van der Waals surface area contributed by atoms with Gasteiger partial charge in [-0.3, -0.25) is 0 Å². The fourth-order valence-corrected chi connectivity index (χ4v) is 1.71. The van der Waals surface area contributed by atoms with Gasteiger partial charge in [0.2, 0.25) is 0 Å². The summed E-state index contributed by atoms with van der Waals surface area (Å²) in [7, 11) is 1.57. The summed E-state index contributed by atoms with van der Waals surface area (Å²) in [6, 6.07) is 2.24. The predicted molar refractivity (Wildman–Crippen MR) is 58.6 cm³/mol. The highest BCUT2D eigenvalue weighted by Gasteiger charge is 2.13. The zero-order chi connectivity index (χ0) is 11.0. The molecule has 0 saturated heterocycles. The number of hydrogen-bond acceptors (Lipinski definition) is 3. The van der Waals surface area contributed by atoms with E-state index in [9.17, 15) is 0 Å². The SMILES string of the molecule is COc1nc(Cl)cc2cnc(C(C)C)n12. The van der Waals surface area contributed by atoms with Gasteiger partial charge in [0.05, 0.1) is 18.8 Å². The van der Waals surface area contributed by atoms with Gasteiger partial charge in [-0.05, 0) is 0 Å². The summed E-state index contributed by atoms with van der Waals surface area (Å²) in [6.45, 7) is 4.14. The number of nitrogens with zero attached hydrogens (tertiary/aromatic N) is 3. The van der Waals surface area contributed by atoms with Gasteiger partial charge in [-0.15, -0.1) is 0 Å². The smallest absolute Gasteiger partial charge is 0.303 e. The van der Waals surface area contributed by atoms with Crippen molar-refractivity contribution in [3.8, 4) is 6.01 Å². The molecule has 0 aliphatic rings. The molecule has 2 rings (SSSR count). The highest BCUT2D eigenvalue weighted by atomic mass is 35.5. The minimum Gasteiger partial charge on any atom is -0.468 e. The van der Waals surface area contributed by atoms with Crippen molar-refractivity contribution in [2.45, 2.75) is 19.8 Å². The molecule has 0 aliphatic heterocycles. The Bertz CT molecular complexity index is 493. The summed E-state index contributed by atoms with van der Waals surface area (Å²) in [6.07, 6.45) is 1.77. The largest absolute Gasteiger partial charge is 0.468 e. The maximum absolute atomic E-state index is 5.86. The number of rotatable bonds is 2. The van der Waals surface area contributed by atoms with Crippen molar-refractivity contribution in [2.75, 3.05) is 7.11 Å². The summed E-state index contributed by atoms with van der Waals surface area (Å²) in [5.41, 5.74) is 0.899. The Morgan fingerprint density at radius 1 is 1.47 bits per heavy atom. The molecular weight excluding hydrogens is 214 g/mol. The van der Waals surface area contributed by atoms with E-state index in [1.54, 1.807) is 19.4 Å². The van der Waals surface area contributed by atoms with Gasteiger partial charge in [0.15, 0.2) is 0 Å². The maximum atomic E-state index is 5.86. The molecule has 2 aromatic rings. The summed E-state index contributed by atoms with van der Waals surface area (Å²) in [5, 5.41) is 0.412. The second-order valence-electron chi connectivity index (χ2n) is 3.60. The number of aromatic nitrogens is 3. The molecule has 2 aromatic heterocycles. The molecule has 0 bridgehead atoms. The molecule has 0 unspecified atom stereocenters. The molecule has 0 aromatic carbocycles. The number of halogens is 1. The van der Waals surface area contributed by atoms with Gasteiger partial charge >= 0.3 is 6.01 Å². The zero-order valence-electron chi connectivity index (χ0n) is 8.86. The first kappa shape index (κ1) is 10.2. The van der Waals surface area contributed by atoms with Crippen molar-refractivity contribution in [3.63, 3.8) is 0 Å². The van der Waals surface area contributed by atoms with Crippen LogP contribution in [-0.4, -0.2) is 21.5 Å². The molecule has 5 heteroatoms. The van der Waals surface area contributed by atoms with Gasteiger partial charge in [0.1, 0.15) is 11.0 Å². The molecule has 80 valence electrons. The van der Waals surface area contributed by atoms with E-state index >= 15 is 0 Å². The van der Waals surface area contributed by atoms with E-state index in [-0.39, 0.29) is 0 Å². The molecule has 4 nitrogen and oxygen atoms in total. The normalized spacial score (nSPS) is 11.3. The number of ether oxygens (including phenoxy) is 1. The first-order chi connectivity index (χ1) is 7.13. The lowest BCUT2D eigenvalue weighted by Crippen LogP contribution is -2.03. The van der Waals surface area contributed by atoms with Gasteiger partial charge in [-0.25, -0.2) is 9.38 Å². The van der Waals surface area contributed by atoms with E-state index in [1.807, 2.05) is 4.40 Å². The van der Waals surface area contributed by atoms with Crippen LogP contribution in [0.4, 0.5) is 0 Å². The van der Waals surface area contributed by atoms with E-state index in [1.165, 1.54) is 0 Å². The van der Waals surface area contributed by atoms with Crippen molar-refractivity contribution in [1.82, 2.24) is 14.4 Å². The fourth-order valence-electron chi connectivity index (χ4n) is 1.53. The standard InChI is InChI=1S/C10H12ClN3O/c1-6(2)9-12-5-7-4-8(11)13-10(15-3)14(7)9/h4-6H,1-3H3. The second-order valence-corrected chi connectivity index (χ2v) is 3.98. The van der Waals surface area contributed by atoms with Crippen LogP contribution in [0.2, 0.25) is 5.15 Å². The number of methoxy groups -OCH3 is 1. The highest BCUT2D eigenvalue weighted by molar-refractivity contribution is 6.29. The quantitative estimate of drug-likeness (QED) is 0.738. The van der Waals surface area contributed by atoms with Gasteiger partial charge in [-0.2, -0.15) is 4.98 Å². The Kier molecular flexibility index (Phi) is 2.52.